The van der Waals surface area contributed by atoms with Crippen LogP contribution in [0.1, 0.15) is 50.7 Å². The van der Waals surface area contributed by atoms with Gasteiger partial charge in [0.05, 0.1) is 25.7 Å². The topological polar surface area (TPSA) is 137 Å². The largest absolute Gasteiger partial charge is 0.475 e. The molecule has 0 aliphatic carbocycles. The number of aromatic nitrogens is 5. The van der Waals surface area contributed by atoms with Gasteiger partial charge in [-0.3, -0.25) is 0 Å². The van der Waals surface area contributed by atoms with Crippen molar-refractivity contribution in [1.82, 2.24) is 30.5 Å². The van der Waals surface area contributed by atoms with E-state index in [1.165, 1.54) is 4.68 Å². The molecule has 11 nitrogen and oxygen atoms in total. The fraction of sp³-hybridized carbons (Fsp3) is 0.417. The molecule has 36 heavy (non-hydrogen) atoms. The molecule has 0 unspecified atom stereocenters. The number of hydrogen-bond acceptors (Lipinski definition) is 9. The van der Waals surface area contributed by atoms with E-state index in [2.05, 4.69) is 31.9 Å². The van der Waals surface area contributed by atoms with E-state index in [0.29, 0.717) is 10.9 Å². The van der Waals surface area contributed by atoms with E-state index in [-0.39, 0.29) is 32.1 Å². The summed E-state index contributed by atoms with van der Waals surface area (Å²) in [7, 11) is 0. The lowest BCUT2D eigenvalue weighted by molar-refractivity contribution is 0.0414. The van der Waals surface area contributed by atoms with Crippen molar-refractivity contribution >= 4 is 17.7 Å². The number of rotatable bonds is 11. The Labute approximate surface area is 214 Å². The maximum atomic E-state index is 12.6. The van der Waals surface area contributed by atoms with E-state index < -0.39 is 23.8 Å². The first kappa shape index (κ1) is 26.8. The van der Waals surface area contributed by atoms with Gasteiger partial charge >= 0.3 is 6.09 Å². The summed E-state index contributed by atoms with van der Waals surface area (Å²) in [5, 5.41) is 24.7. The molecule has 1 amide bonds. The van der Waals surface area contributed by atoms with Crippen molar-refractivity contribution in [2.75, 3.05) is 13.2 Å². The predicted octanol–water partition coefficient (Wildman–Crippen LogP) is 4.04. The monoisotopic (exact) mass is 513 g/mol. The maximum Gasteiger partial charge on any atom is 0.408 e. The molecule has 190 valence electrons. The molecule has 3 rings (SSSR count). The summed E-state index contributed by atoms with van der Waals surface area (Å²) in [6, 6.07) is 13.4. The van der Waals surface area contributed by atoms with Crippen molar-refractivity contribution in [3.63, 3.8) is 0 Å². The Kier molecular flexibility index (Phi) is 9.55. The molecular formula is C24H28ClN7O4. The average molecular weight is 514 g/mol. The van der Waals surface area contributed by atoms with Crippen molar-refractivity contribution in [3.05, 3.63) is 65.1 Å². The number of carbonyl (C=O) groups is 1. The molecule has 3 aromatic rings. The molecule has 0 bridgehead atoms. The highest BCUT2D eigenvalue weighted by Crippen LogP contribution is 2.20. The van der Waals surface area contributed by atoms with Crippen LogP contribution in [0.2, 0.25) is 5.02 Å². The van der Waals surface area contributed by atoms with Crippen molar-refractivity contribution in [2.24, 2.45) is 0 Å². The Morgan fingerprint density at radius 1 is 1.22 bits per heavy atom. The number of nitrogens with one attached hydrogen (secondary N) is 1. The molecule has 0 saturated carbocycles. The molecule has 1 aromatic carbocycles. The van der Waals surface area contributed by atoms with Gasteiger partial charge < -0.3 is 19.5 Å². The first-order chi connectivity index (χ1) is 17.2. The van der Waals surface area contributed by atoms with Gasteiger partial charge in [-0.05, 0) is 55.0 Å². The Balaban J connectivity index is 1.78. The van der Waals surface area contributed by atoms with Crippen molar-refractivity contribution in [2.45, 2.75) is 51.5 Å². The average Bonchev–Trinajstić information content (AvgIpc) is 3.30. The number of benzene rings is 1. The van der Waals surface area contributed by atoms with Crippen LogP contribution in [0.4, 0.5) is 4.79 Å². The molecule has 0 radical (unpaired) electrons. The molecule has 12 heteroatoms. The number of halogens is 1. The van der Waals surface area contributed by atoms with Crippen LogP contribution in [-0.2, 0) is 16.1 Å². The number of alkyl carbamates (subject to hydrolysis) is 1. The normalized spacial score (nSPS) is 12.9. The lowest BCUT2D eigenvalue weighted by atomic mass is 10.2. The van der Waals surface area contributed by atoms with E-state index >= 15 is 0 Å². The Hall–Kier alpha value is -3.75. The summed E-state index contributed by atoms with van der Waals surface area (Å²) in [5.74, 6) is 0.695. The smallest absolute Gasteiger partial charge is 0.408 e. The zero-order valence-corrected chi connectivity index (χ0v) is 21.1. The minimum Gasteiger partial charge on any atom is -0.475 e. The number of tetrazole rings is 1. The molecule has 0 saturated heterocycles. The molecule has 0 fully saturated rings. The summed E-state index contributed by atoms with van der Waals surface area (Å²) >= 11 is 6.06. The maximum absolute atomic E-state index is 12.6. The molecule has 0 aliphatic rings. The van der Waals surface area contributed by atoms with Crippen LogP contribution in [0.25, 0.3) is 0 Å². The highest BCUT2D eigenvalue weighted by molar-refractivity contribution is 6.30. The van der Waals surface area contributed by atoms with Crippen molar-refractivity contribution < 1.29 is 19.0 Å². The fourth-order valence-corrected chi connectivity index (χ4v) is 3.39. The number of carbonyl (C=O) groups excluding carboxylic acids is 1. The van der Waals surface area contributed by atoms with Crippen LogP contribution in [0.15, 0.2) is 48.7 Å². The minimum absolute atomic E-state index is 0.0342. The second kappa shape index (κ2) is 12.8. The third kappa shape index (κ3) is 8.48. The van der Waals surface area contributed by atoms with Crippen LogP contribution in [0.5, 0.6) is 5.88 Å². The number of nitrogens with zero attached hydrogens (tertiary/aromatic N) is 6. The molecule has 0 spiro atoms. The summed E-state index contributed by atoms with van der Waals surface area (Å²) in [6.07, 6.45) is 1.01. The molecule has 2 aromatic heterocycles. The molecular weight excluding hydrogens is 486 g/mol. The first-order valence-corrected chi connectivity index (χ1v) is 11.6. The van der Waals surface area contributed by atoms with Gasteiger partial charge in [0.1, 0.15) is 24.3 Å². The molecule has 0 aliphatic heterocycles. The van der Waals surface area contributed by atoms with E-state index in [4.69, 9.17) is 25.8 Å². The Bertz CT molecular complexity index is 1160. The lowest BCUT2D eigenvalue weighted by Gasteiger charge is -2.24. The number of hydrogen-bond donors (Lipinski definition) is 1. The molecule has 2 heterocycles. The summed E-state index contributed by atoms with van der Waals surface area (Å²) in [4.78, 5) is 16.7. The van der Waals surface area contributed by atoms with Gasteiger partial charge in [0.2, 0.25) is 5.88 Å². The summed E-state index contributed by atoms with van der Waals surface area (Å²) in [5.41, 5.74) is 0.159. The number of amides is 1. The lowest BCUT2D eigenvalue weighted by Crippen LogP contribution is -2.38. The van der Waals surface area contributed by atoms with Gasteiger partial charge in [-0.1, -0.05) is 29.8 Å². The van der Waals surface area contributed by atoms with Crippen molar-refractivity contribution in [1.29, 1.82) is 5.26 Å². The number of ether oxygens (including phenoxy) is 3. The second-order valence-electron chi connectivity index (χ2n) is 8.82. The Morgan fingerprint density at radius 3 is 2.75 bits per heavy atom. The minimum atomic E-state index is -0.773. The second-order valence-corrected chi connectivity index (χ2v) is 9.26. The summed E-state index contributed by atoms with van der Waals surface area (Å²) in [6.45, 7) is 5.66. The van der Waals surface area contributed by atoms with E-state index in [9.17, 15) is 10.1 Å². The third-order valence-corrected chi connectivity index (χ3v) is 4.93. The van der Waals surface area contributed by atoms with Gasteiger partial charge in [0, 0.05) is 17.3 Å². The van der Waals surface area contributed by atoms with Crippen LogP contribution >= 0.6 is 11.6 Å². The zero-order chi connectivity index (χ0) is 26.0. The van der Waals surface area contributed by atoms with Gasteiger partial charge in [-0.2, -0.15) is 5.26 Å². The highest BCUT2D eigenvalue weighted by atomic mass is 35.5. The van der Waals surface area contributed by atoms with E-state index in [1.807, 2.05) is 12.1 Å². The molecule has 2 atom stereocenters. The van der Waals surface area contributed by atoms with E-state index in [1.54, 1.807) is 57.3 Å². The highest BCUT2D eigenvalue weighted by Gasteiger charge is 2.28. The number of nitriles is 1. The summed E-state index contributed by atoms with van der Waals surface area (Å²) < 4.78 is 18.5. The fourth-order valence-electron chi connectivity index (χ4n) is 3.18. The SMILES string of the molecule is CC(C)(C)OC(=O)N[C@H](COCc1cccc(Cl)c1)c1nnnn1[C@H](CC#N)COc1ccccn1. The number of pyridine rings is 1. The van der Waals surface area contributed by atoms with Gasteiger partial charge in [0.15, 0.2) is 5.82 Å². The predicted molar refractivity (Wildman–Crippen MR) is 130 cm³/mol. The zero-order valence-electron chi connectivity index (χ0n) is 20.3. The van der Waals surface area contributed by atoms with E-state index in [0.717, 1.165) is 5.56 Å². The third-order valence-electron chi connectivity index (χ3n) is 4.70. The standard InChI is InChI=1S/C24H28ClN7O4/c1-24(2,3)36-23(33)28-20(16-34-14-17-7-6-8-18(25)13-17)22-29-30-31-32(22)19(10-11-26)15-35-21-9-4-5-12-27-21/h4-9,12-13,19-20H,10,14-16H2,1-3H3,(H,28,33)/t19-,20-/m1/s1. The molecule has 1 N–H and O–H groups in total. The van der Waals surface area contributed by atoms with Gasteiger partial charge in [-0.25, -0.2) is 14.5 Å². The van der Waals surface area contributed by atoms with Crippen molar-refractivity contribution in [3.8, 4) is 11.9 Å². The van der Waals surface area contributed by atoms with Gasteiger partial charge in [0.25, 0.3) is 0 Å². The van der Waals surface area contributed by atoms with Crippen LogP contribution in [-0.4, -0.2) is 50.1 Å². The van der Waals surface area contributed by atoms with Crippen LogP contribution in [0, 0.1) is 11.3 Å². The Morgan fingerprint density at radius 2 is 2.06 bits per heavy atom. The van der Waals surface area contributed by atoms with Gasteiger partial charge in [-0.15, -0.1) is 5.10 Å². The quantitative estimate of drug-likeness (QED) is 0.402. The van der Waals surface area contributed by atoms with Crippen LogP contribution < -0.4 is 10.1 Å². The first-order valence-electron chi connectivity index (χ1n) is 11.3. The van der Waals surface area contributed by atoms with Crippen LogP contribution in [0.3, 0.4) is 0 Å².